The summed E-state index contributed by atoms with van der Waals surface area (Å²) in [5.74, 6) is -1.76. The molecule has 0 unspecified atom stereocenters. The van der Waals surface area contributed by atoms with Crippen LogP contribution in [0.2, 0.25) is 0 Å². The van der Waals surface area contributed by atoms with Crippen LogP contribution in [-0.4, -0.2) is 16.2 Å². The fourth-order valence-electron chi connectivity index (χ4n) is 1.61. The molecule has 1 rings (SSSR count). The Balaban J connectivity index is 3.10. The predicted octanol–water partition coefficient (Wildman–Crippen LogP) is 2.14. The minimum Gasteiger partial charge on any atom is -0.481 e. The van der Waals surface area contributed by atoms with Crippen molar-refractivity contribution < 1.29 is 19.4 Å². The van der Waals surface area contributed by atoms with Crippen molar-refractivity contribution in [2.24, 2.45) is 5.92 Å². The van der Waals surface area contributed by atoms with E-state index in [1.165, 1.54) is 24.3 Å². The summed E-state index contributed by atoms with van der Waals surface area (Å²) in [5, 5.41) is 19.1. The summed E-state index contributed by atoms with van der Waals surface area (Å²) in [6.07, 6.45) is -0.393. The molecule has 16 heavy (non-hydrogen) atoms. The first kappa shape index (κ1) is 12.6. The number of hydrogen-bond donors (Lipinski definition) is 2. The molecule has 0 saturated heterocycles. The van der Waals surface area contributed by atoms with Crippen molar-refractivity contribution in [2.45, 2.75) is 25.9 Å². The van der Waals surface area contributed by atoms with Gasteiger partial charge in [-0.15, -0.1) is 0 Å². The van der Waals surface area contributed by atoms with E-state index < -0.39 is 23.8 Å². The van der Waals surface area contributed by atoms with Gasteiger partial charge in [-0.1, -0.05) is 26.0 Å². The number of rotatable bonds is 4. The van der Waals surface area contributed by atoms with Gasteiger partial charge >= 0.3 is 5.97 Å². The molecular weight excluding hydrogens is 211 g/mol. The van der Waals surface area contributed by atoms with Gasteiger partial charge < -0.3 is 10.2 Å². The summed E-state index contributed by atoms with van der Waals surface area (Å²) < 4.78 is 12.7. The molecule has 1 aromatic carbocycles. The molecule has 88 valence electrons. The molecule has 0 amide bonds. The van der Waals surface area contributed by atoms with E-state index in [1.807, 2.05) is 0 Å². The Morgan fingerprint density at radius 1 is 1.38 bits per heavy atom. The van der Waals surface area contributed by atoms with Crippen molar-refractivity contribution in [3.8, 4) is 0 Å². The van der Waals surface area contributed by atoms with Crippen molar-refractivity contribution in [1.82, 2.24) is 0 Å². The second-order valence-electron chi connectivity index (χ2n) is 4.16. The van der Waals surface area contributed by atoms with Crippen LogP contribution in [0.4, 0.5) is 4.39 Å². The zero-order valence-electron chi connectivity index (χ0n) is 9.27. The molecular formula is C12H15FO3. The Bertz CT molecular complexity index is 372. The normalized spacial score (nSPS) is 14.8. The van der Waals surface area contributed by atoms with Crippen LogP contribution in [0.1, 0.15) is 25.8 Å². The van der Waals surface area contributed by atoms with Gasteiger partial charge in [0.2, 0.25) is 0 Å². The highest BCUT2D eigenvalue weighted by atomic mass is 19.1. The molecule has 0 radical (unpaired) electrons. The molecule has 0 saturated carbocycles. The lowest BCUT2D eigenvalue weighted by atomic mass is 9.81. The van der Waals surface area contributed by atoms with E-state index in [4.69, 9.17) is 5.11 Å². The van der Waals surface area contributed by atoms with Gasteiger partial charge in [0.25, 0.3) is 0 Å². The average Bonchev–Trinajstić information content (AvgIpc) is 2.17. The maximum absolute atomic E-state index is 12.7. The SMILES string of the molecule is CC(C)[C@](O)(CC(=O)O)c1ccc(F)cc1. The summed E-state index contributed by atoms with van der Waals surface area (Å²) in [6.45, 7) is 3.46. The van der Waals surface area contributed by atoms with Crippen LogP contribution in [0, 0.1) is 11.7 Å². The highest BCUT2D eigenvalue weighted by molar-refractivity contribution is 5.68. The van der Waals surface area contributed by atoms with Gasteiger partial charge in [-0.05, 0) is 23.6 Å². The fraction of sp³-hybridized carbons (Fsp3) is 0.417. The molecule has 0 aliphatic carbocycles. The molecule has 4 heteroatoms. The standard InChI is InChI=1S/C12H15FO3/c1-8(2)12(16,7-11(14)15)9-3-5-10(13)6-4-9/h3-6,8,16H,7H2,1-2H3,(H,14,15)/t12-/m1/s1. The quantitative estimate of drug-likeness (QED) is 0.827. The van der Waals surface area contributed by atoms with E-state index in [1.54, 1.807) is 13.8 Å². The summed E-state index contributed by atoms with van der Waals surface area (Å²) in [6, 6.07) is 5.26. The van der Waals surface area contributed by atoms with Gasteiger partial charge in [0.1, 0.15) is 11.4 Å². The first-order chi connectivity index (χ1) is 7.36. The van der Waals surface area contributed by atoms with Crippen LogP contribution in [0.25, 0.3) is 0 Å². The van der Waals surface area contributed by atoms with Crippen LogP contribution in [0.3, 0.4) is 0 Å². The third-order valence-electron chi connectivity index (χ3n) is 2.72. The number of benzene rings is 1. The largest absolute Gasteiger partial charge is 0.481 e. The number of halogens is 1. The van der Waals surface area contributed by atoms with Crippen molar-refractivity contribution in [3.05, 3.63) is 35.6 Å². The molecule has 1 atom stereocenters. The Labute approximate surface area is 93.5 Å². The van der Waals surface area contributed by atoms with Crippen LogP contribution in [-0.2, 0) is 10.4 Å². The second kappa shape index (κ2) is 4.61. The lowest BCUT2D eigenvalue weighted by Gasteiger charge is -2.31. The van der Waals surface area contributed by atoms with E-state index in [0.717, 1.165) is 0 Å². The minimum atomic E-state index is -1.46. The maximum atomic E-state index is 12.7. The highest BCUT2D eigenvalue weighted by Crippen LogP contribution is 2.33. The van der Waals surface area contributed by atoms with Crippen LogP contribution in [0.15, 0.2) is 24.3 Å². The Morgan fingerprint density at radius 3 is 2.25 bits per heavy atom. The molecule has 0 heterocycles. The topological polar surface area (TPSA) is 57.5 Å². The molecule has 0 aliphatic heterocycles. The lowest BCUT2D eigenvalue weighted by Crippen LogP contribution is -2.34. The Morgan fingerprint density at radius 2 is 1.88 bits per heavy atom. The Kier molecular flexibility index (Phi) is 3.65. The van der Waals surface area contributed by atoms with Gasteiger partial charge in [0.05, 0.1) is 6.42 Å². The number of aliphatic hydroxyl groups is 1. The van der Waals surface area contributed by atoms with Crippen molar-refractivity contribution in [3.63, 3.8) is 0 Å². The molecule has 0 bridgehead atoms. The smallest absolute Gasteiger partial charge is 0.306 e. The van der Waals surface area contributed by atoms with Gasteiger partial charge in [0, 0.05) is 0 Å². The van der Waals surface area contributed by atoms with Gasteiger partial charge in [-0.2, -0.15) is 0 Å². The summed E-state index contributed by atoms with van der Waals surface area (Å²) in [4.78, 5) is 10.7. The second-order valence-corrected chi connectivity index (χ2v) is 4.16. The highest BCUT2D eigenvalue weighted by Gasteiger charge is 2.35. The first-order valence-electron chi connectivity index (χ1n) is 5.06. The molecule has 0 fully saturated rings. The van der Waals surface area contributed by atoms with Gasteiger partial charge in [-0.25, -0.2) is 4.39 Å². The van der Waals surface area contributed by atoms with E-state index in [2.05, 4.69) is 0 Å². The van der Waals surface area contributed by atoms with Crippen LogP contribution >= 0.6 is 0 Å². The van der Waals surface area contributed by atoms with E-state index in [0.29, 0.717) is 5.56 Å². The molecule has 0 spiro atoms. The van der Waals surface area contributed by atoms with E-state index >= 15 is 0 Å². The molecule has 3 nitrogen and oxygen atoms in total. The monoisotopic (exact) mass is 226 g/mol. The maximum Gasteiger partial charge on any atom is 0.306 e. The molecule has 2 N–H and O–H groups in total. The fourth-order valence-corrected chi connectivity index (χ4v) is 1.61. The average molecular weight is 226 g/mol. The summed E-state index contributed by atoms with van der Waals surface area (Å²) >= 11 is 0. The van der Waals surface area contributed by atoms with E-state index in [9.17, 15) is 14.3 Å². The zero-order valence-corrected chi connectivity index (χ0v) is 9.27. The Hall–Kier alpha value is -1.42. The van der Waals surface area contributed by atoms with Crippen molar-refractivity contribution in [2.75, 3.05) is 0 Å². The van der Waals surface area contributed by atoms with Gasteiger partial charge in [-0.3, -0.25) is 4.79 Å². The molecule has 0 aromatic heterocycles. The summed E-state index contributed by atoms with van der Waals surface area (Å²) in [7, 11) is 0. The number of carboxylic acid groups (broad SMARTS) is 1. The number of hydrogen-bond acceptors (Lipinski definition) is 2. The van der Waals surface area contributed by atoms with Crippen LogP contribution in [0.5, 0.6) is 0 Å². The molecule has 0 aliphatic rings. The predicted molar refractivity (Wildman–Crippen MR) is 57.4 cm³/mol. The number of carboxylic acids is 1. The number of carbonyl (C=O) groups is 1. The first-order valence-corrected chi connectivity index (χ1v) is 5.06. The third kappa shape index (κ3) is 2.58. The molecule has 1 aromatic rings. The number of aliphatic carboxylic acids is 1. The third-order valence-corrected chi connectivity index (χ3v) is 2.72. The van der Waals surface area contributed by atoms with Gasteiger partial charge in [0.15, 0.2) is 0 Å². The zero-order chi connectivity index (χ0) is 12.3. The summed E-state index contributed by atoms with van der Waals surface area (Å²) in [5.41, 5.74) is -1.04. The van der Waals surface area contributed by atoms with Crippen LogP contribution < -0.4 is 0 Å². The van der Waals surface area contributed by atoms with E-state index in [-0.39, 0.29) is 5.92 Å². The minimum absolute atomic E-state index is 0.269. The van der Waals surface area contributed by atoms with Crippen molar-refractivity contribution >= 4 is 5.97 Å². The lowest BCUT2D eigenvalue weighted by molar-refractivity contribution is -0.145. The van der Waals surface area contributed by atoms with Crippen molar-refractivity contribution in [1.29, 1.82) is 0 Å².